The number of nitrogens with two attached hydrogens (primary N) is 1. The van der Waals surface area contributed by atoms with Crippen LogP contribution in [0.1, 0.15) is 158 Å². The van der Waals surface area contributed by atoms with Crippen molar-refractivity contribution in [2.24, 2.45) is 23.5 Å². The fourth-order valence-corrected chi connectivity index (χ4v) is 16.9. The third-order valence-electron chi connectivity index (χ3n) is 24.4. The van der Waals surface area contributed by atoms with Gasteiger partial charge in [-0.15, -0.1) is 0 Å². The Bertz CT molecular complexity index is 5220. The Labute approximate surface area is 785 Å². The number of aromatic nitrogens is 2. The van der Waals surface area contributed by atoms with Gasteiger partial charge in [0.2, 0.25) is 77.2 Å². The minimum Gasteiger partial charge on any atom is -0.486 e. The molecule has 3 aromatic carbocycles. The van der Waals surface area contributed by atoms with E-state index in [1.54, 1.807) is 121 Å². The molecule has 5 fully saturated rings. The lowest BCUT2D eigenvalue weighted by Crippen LogP contribution is -2.62. The molecule has 5 aromatic rings. The standard InChI is InChI=1S/C92H125N19O25/c1-49(2)69(105-91(132)136-92(5,6)7)81(122)102-58(30-23-37-94-90(93)131)78(119)99-55-35-33-51(34-36-55)48-133-63-40-53-26-15-17-28-56(53)100-70(63)82(123)103-60-43-96-85(126)73(52-24-13-12-14-25-52)109(11)68(115)47-107(9)66(113)45-98-79(120)61-31-19-21-38-110(61)86(127)59(104-83(124)71-64(41-54-27-16-18-29-57(54)101-71)134-89-76(118)74(116)75(117)77(135-89)88(129)130)42-95-84(125)72(50(3)4)108(10)67(114)46-106(8)65(112)44-97-80(121)62-32-20-22-39-111(62)87(60)128/h15-18,26-29,33-36,40-41,49-50,52,58-62,69,72-77,89,116-118H,12-14,19-25,30-32,37-39,42-48H2,1-11H3,(H,95,125)(H,96,126)(H,97,121)(H,98,120)(H,99,119)(H,102,122)(H,103,123)(H,104,124)(H,105,132)(H,129,130)(H3,93,94,131)/t58-,59+,60+,61-,62-,69-,72-,73-,74-,75-,76+,77-,89+/m0/s1. The van der Waals surface area contributed by atoms with Crippen LogP contribution in [0.4, 0.5) is 15.3 Å². The molecule has 16 N–H and O–H groups in total. The van der Waals surface area contributed by atoms with E-state index in [4.69, 9.17) is 29.7 Å². The number of hydrogen-bond acceptors (Lipinski definition) is 26. The third-order valence-corrected chi connectivity index (χ3v) is 24.4. The molecule has 5 aliphatic rings. The Morgan fingerprint density at radius 1 is 0.581 bits per heavy atom. The Hall–Kier alpha value is -13.5. The Balaban J connectivity index is 0.914. The zero-order chi connectivity index (χ0) is 99.3. The van der Waals surface area contributed by atoms with Gasteiger partial charge in [0, 0.05) is 77.4 Å². The van der Waals surface area contributed by atoms with Crippen molar-refractivity contribution in [2.75, 3.05) is 92.4 Å². The molecule has 0 radical (unpaired) electrons. The van der Waals surface area contributed by atoms with Gasteiger partial charge in [0.25, 0.3) is 11.8 Å². The van der Waals surface area contributed by atoms with Crippen molar-refractivity contribution in [1.29, 1.82) is 0 Å². The molecule has 17 amide bonds. The number of hydrogen-bond donors (Lipinski definition) is 15. The number of likely N-dealkylation sites (N-methyl/N-ethyl adjacent to an activating group) is 4. The number of para-hydroxylation sites is 2. The molecular formula is C92H125N19O25. The van der Waals surface area contributed by atoms with Gasteiger partial charge < -0.3 is 128 Å². The zero-order valence-corrected chi connectivity index (χ0v) is 78.1. The number of ether oxygens (including phenoxy) is 4. The number of carbonyl (C=O) groups excluding carboxylic acids is 16. The molecule has 136 heavy (non-hydrogen) atoms. The van der Waals surface area contributed by atoms with Crippen molar-refractivity contribution in [3.63, 3.8) is 0 Å². The number of nitrogens with one attached hydrogen (secondary N) is 10. The number of carboxylic acid groups (broad SMARTS) is 1. The number of aliphatic hydroxyl groups is 3. The Kier molecular flexibility index (Phi) is 36.6. The van der Waals surface area contributed by atoms with Gasteiger partial charge in [-0.3, -0.25) is 67.1 Å². The second kappa shape index (κ2) is 47.6. The van der Waals surface area contributed by atoms with Crippen molar-refractivity contribution in [1.82, 2.24) is 87.2 Å². The van der Waals surface area contributed by atoms with E-state index in [1.165, 1.54) is 50.1 Å². The molecule has 44 nitrogen and oxygen atoms in total. The van der Waals surface area contributed by atoms with E-state index in [9.17, 15) is 78.0 Å². The number of piperidine rings is 2. The summed E-state index contributed by atoms with van der Waals surface area (Å²) >= 11 is 0. The fourth-order valence-electron chi connectivity index (χ4n) is 16.9. The van der Waals surface area contributed by atoms with E-state index in [1.807, 2.05) is 0 Å². The first-order valence-corrected chi connectivity index (χ1v) is 45.6. The molecule has 0 unspecified atom stereocenters. The van der Waals surface area contributed by atoms with Crippen molar-refractivity contribution < 1.29 is 121 Å². The summed E-state index contributed by atoms with van der Waals surface area (Å²) in [6.07, 6.45) is -6.72. The van der Waals surface area contributed by atoms with Gasteiger partial charge in [0.15, 0.2) is 29.0 Å². The van der Waals surface area contributed by atoms with Crippen LogP contribution in [0, 0.1) is 17.8 Å². The second-order valence-corrected chi connectivity index (χ2v) is 36.4. The zero-order valence-electron chi connectivity index (χ0n) is 78.1. The molecule has 1 aliphatic carbocycles. The maximum atomic E-state index is 15.7. The SMILES string of the molecule is CC(C)[C@H](NC(=O)OC(C)(C)C)C(=O)N[C@@H](CCCNC(N)=O)C(=O)Nc1ccc(COc2cc3ccccc3nc2C(=O)N[C@@H]2CNC(=O)[C@H](C3CCCCC3)N(C)C(=O)CN(C)C(=O)CNC(=O)[C@@H]3CCCCN3C(=O)[C@H](NC(=O)c3nc4ccccc4cc3O[C@@H]3O[C@H](C(=O)O)[C@@H](O)[C@H](O)[C@H]3O)CNC(=O)[C@H](C(C)C)N(C)C(=O)CN(C)C(=O)CNC(=O)[C@@H]3CCCCN3C2=O)cc1. The van der Waals surface area contributed by atoms with Crippen LogP contribution in [0.25, 0.3) is 21.8 Å². The number of primary amides is 1. The van der Waals surface area contributed by atoms with Gasteiger partial charge in [-0.1, -0.05) is 95.5 Å². The number of carbonyl (C=O) groups is 17. The Morgan fingerprint density at radius 2 is 1.09 bits per heavy atom. The van der Waals surface area contributed by atoms with Crippen LogP contribution < -0.4 is 68.4 Å². The van der Waals surface area contributed by atoms with Crippen LogP contribution in [0.15, 0.2) is 84.9 Å². The average Bonchev–Trinajstić information content (AvgIpc) is 0.783. The lowest BCUT2D eigenvalue weighted by molar-refractivity contribution is -0.271. The summed E-state index contributed by atoms with van der Waals surface area (Å²) in [6.45, 7) is 6.97. The van der Waals surface area contributed by atoms with Gasteiger partial charge in [-0.25, -0.2) is 24.4 Å². The van der Waals surface area contributed by atoms with E-state index >= 15 is 24.0 Å². The molecule has 738 valence electrons. The number of nitrogens with zero attached hydrogens (tertiary/aromatic N) is 8. The molecule has 2 aromatic heterocycles. The van der Waals surface area contributed by atoms with Crippen molar-refractivity contribution in [3.8, 4) is 11.5 Å². The molecule has 0 bridgehead atoms. The summed E-state index contributed by atoms with van der Waals surface area (Å²) < 4.78 is 23.1. The maximum absolute atomic E-state index is 15.7. The molecule has 44 heteroatoms. The number of rotatable bonds is 22. The van der Waals surface area contributed by atoms with E-state index in [2.05, 4.69) is 58.2 Å². The van der Waals surface area contributed by atoms with Crippen LogP contribution in [-0.4, -0.2) is 332 Å². The molecule has 4 saturated heterocycles. The van der Waals surface area contributed by atoms with Crippen molar-refractivity contribution >= 4 is 128 Å². The quantitative estimate of drug-likeness (QED) is 0.0406. The highest BCUT2D eigenvalue weighted by atomic mass is 16.7. The lowest BCUT2D eigenvalue weighted by Gasteiger charge is -2.38. The number of aliphatic carboxylic acids is 1. The third kappa shape index (κ3) is 27.6. The molecule has 6 heterocycles. The summed E-state index contributed by atoms with van der Waals surface area (Å²) in [5.41, 5.74) is 4.72. The smallest absolute Gasteiger partial charge is 0.408 e. The fraction of sp³-hybridized carbons (Fsp3) is 0.554. The number of anilines is 1. The normalized spacial score (nSPS) is 23.6. The number of benzene rings is 3. The van der Waals surface area contributed by atoms with Crippen LogP contribution in [0.3, 0.4) is 0 Å². The van der Waals surface area contributed by atoms with Gasteiger partial charge in [0.1, 0.15) is 78.9 Å². The number of pyridine rings is 2. The summed E-state index contributed by atoms with van der Waals surface area (Å²) in [6, 6.07) is 10.2. The maximum Gasteiger partial charge on any atom is 0.408 e. The number of alkyl carbamates (subject to hydrolysis) is 1. The summed E-state index contributed by atoms with van der Waals surface area (Å²) in [5.74, 6) is -15.8. The summed E-state index contributed by atoms with van der Waals surface area (Å²) in [5, 5.41) is 69.6. The first kappa shape index (κ1) is 105. The molecule has 4 aliphatic heterocycles. The van der Waals surface area contributed by atoms with Crippen LogP contribution >= 0.6 is 0 Å². The van der Waals surface area contributed by atoms with Crippen LogP contribution in [-0.2, 0) is 78.4 Å². The van der Waals surface area contributed by atoms with E-state index in [-0.39, 0.29) is 74.6 Å². The first-order chi connectivity index (χ1) is 64.5. The topological polar surface area (TPSA) is 600 Å². The van der Waals surface area contributed by atoms with Gasteiger partial charge >= 0.3 is 18.1 Å². The Morgan fingerprint density at radius 3 is 1.60 bits per heavy atom. The number of urea groups is 1. The van der Waals surface area contributed by atoms with E-state index in [0.717, 1.165) is 26.0 Å². The highest BCUT2D eigenvalue weighted by Gasteiger charge is 2.50. The highest BCUT2D eigenvalue weighted by molar-refractivity contribution is 6.04. The number of amides is 17. The lowest BCUT2D eigenvalue weighted by atomic mass is 9.82. The largest absolute Gasteiger partial charge is 0.486 e. The minimum absolute atomic E-state index is 0.00223. The monoisotopic (exact) mass is 1900 g/mol. The second-order valence-electron chi connectivity index (χ2n) is 36.4. The molecule has 10 rings (SSSR count). The predicted octanol–water partition coefficient (Wildman–Crippen LogP) is -0.00120. The van der Waals surface area contributed by atoms with Gasteiger partial charge in [-0.05, 0) is 145 Å². The van der Waals surface area contributed by atoms with E-state index < -0.39 is 254 Å². The van der Waals surface area contributed by atoms with Crippen LogP contribution in [0.2, 0.25) is 0 Å². The number of carboxylic acids is 1. The molecule has 0 spiro atoms. The van der Waals surface area contributed by atoms with Crippen molar-refractivity contribution in [3.05, 3.63) is 102 Å². The minimum atomic E-state index is -2.14. The predicted molar refractivity (Wildman–Crippen MR) is 488 cm³/mol. The first-order valence-electron chi connectivity index (χ1n) is 45.6. The molecule has 13 atom stereocenters. The number of aliphatic hydroxyl groups excluding tert-OH is 3. The van der Waals surface area contributed by atoms with E-state index in [0.29, 0.717) is 73.2 Å². The summed E-state index contributed by atoms with van der Waals surface area (Å²) in [7, 11) is 5.21. The van der Waals surface area contributed by atoms with Crippen LogP contribution in [0.5, 0.6) is 11.5 Å². The average molecular weight is 1900 g/mol. The molecule has 1 saturated carbocycles. The highest BCUT2D eigenvalue weighted by Crippen LogP contribution is 2.34. The molecular weight excluding hydrogens is 1770 g/mol. The summed E-state index contributed by atoms with van der Waals surface area (Å²) in [4.78, 5) is 259. The number of fused-ring (bicyclic) bond motifs is 4. The van der Waals surface area contributed by atoms with Crippen molar-refractivity contribution in [2.45, 2.75) is 223 Å². The van der Waals surface area contributed by atoms with Gasteiger partial charge in [-0.2, -0.15) is 0 Å². The van der Waals surface area contributed by atoms with Gasteiger partial charge in [0.05, 0.1) is 37.2 Å².